The molecule has 2 aromatic rings. The lowest BCUT2D eigenvalue weighted by atomic mass is 10.1. The first-order valence-electron chi connectivity index (χ1n) is 6.84. The number of benzene rings is 1. The smallest absolute Gasteiger partial charge is 0.272 e. The van der Waals surface area contributed by atoms with Gasteiger partial charge in [-0.05, 0) is 18.6 Å². The Bertz CT molecular complexity index is 779. The number of amides is 2. The van der Waals surface area contributed by atoms with E-state index in [1.54, 1.807) is 6.07 Å². The molecule has 1 saturated carbocycles. The molecule has 1 aliphatic carbocycles. The van der Waals surface area contributed by atoms with Crippen LogP contribution in [0.5, 0.6) is 0 Å². The van der Waals surface area contributed by atoms with Crippen LogP contribution in [0, 0.1) is 5.82 Å². The summed E-state index contributed by atoms with van der Waals surface area (Å²) in [6, 6.07) is 4.17. The first-order valence-corrected chi connectivity index (χ1v) is 7.22. The molecule has 6 nitrogen and oxygen atoms in total. The molecule has 3 N–H and O–H groups in total. The highest BCUT2D eigenvalue weighted by atomic mass is 35.5. The number of rotatable bonds is 4. The minimum atomic E-state index is -0.840. The molecule has 1 fully saturated rings. The second-order valence-electron chi connectivity index (χ2n) is 5.18. The third-order valence-corrected chi connectivity index (χ3v) is 3.95. The van der Waals surface area contributed by atoms with Gasteiger partial charge in [0.25, 0.3) is 11.8 Å². The number of carbonyl (C=O) groups is 2. The lowest BCUT2D eigenvalue weighted by molar-refractivity contribution is 0.0925. The Hall–Kier alpha value is -2.54. The number of primary amides is 1. The summed E-state index contributed by atoms with van der Waals surface area (Å²) in [4.78, 5) is 31.1. The summed E-state index contributed by atoms with van der Waals surface area (Å²) in [6.07, 6.45) is 3.12. The van der Waals surface area contributed by atoms with Crippen LogP contribution in [0.3, 0.4) is 0 Å². The molecule has 0 unspecified atom stereocenters. The van der Waals surface area contributed by atoms with E-state index in [2.05, 4.69) is 15.3 Å². The normalized spacial score (nSPS) is 19.2. The Balaban J connectivity index is 1.75. The zero-order valence-electron chi connectivity index (χ0n) is 11.8. The van der Waals surface area contributed by atoms with Crippen LogP contribution in [-0.2, 0) is 0 Å². The van der Waals surface area contributed by atoms with Crippen LogP contribution in [-0.4, -0.2) is 27.8 Å². The molecular formula is C15H12ClFN4O2. The van der Waals surface area contributed by atoms with Crippen LogP contribution < -0.4 is 11.1 Å². The van der Waals surface area contributed by atoms with E-state index in [1.165, 1.54) is 24.5 Å². The summed E-state index contributed by atoms with van der Waals surface area (Å²) in [5, 5.41) is 3.02. The predicted octanol–water partition coefficient (Wildman–Crippen LogP) is 1.65. The number of hydrogen-bond acceptors (Lipinski definition) is 4. The van der Waals surface area contributed by atoms with Gasteiger partial charge < -0.3 is 11.1 Å². The average molecular weight is 335 g/mol. The van der Waals surface area contributed by atoms with Crippen molar-refractivity contribution in [1.29, 1.82) is 0 Å². The topological polar surface area (TPSA) is 98.0 Å². The van der Waals surface area contributed by atoms with Crippen molar-refractivity contribution >= 4 is 23.4 Å². The van der Waals surface area contributed by atoms with Crippen LogP contribution in [0.1, 0.15) is 38.9 Å². The largest absolute Gasteiger partial charge is 0.364 e. The minimum Gasteiger partial charge on any atom is -0.364 e. The Morgan fingerprint density at radius 2 is 1.96 bits per heavy atom. The van der Waals surface area contributed by atoms with Gasteiger partial charge in [0, 0.05) is 34.9 Å². The van der Waals surface area contributed by atoms with Crippen molar-refractivity contribution in [2.75, 3.05) is 0 Å². The highest BCUT2D eigenvalue weighted by molar-refractivity contribution is 6.31. The Kier molecular flexibility index (Phi) is 3.96. The van der Waals surface area contributed by atoms with Gasteiger partial charge >= 0.3 is 0 Å². The lowest BCUT2D eigenvalue weighted by Gasteiger charge is -2.08. The Morgan fingerprint density at radius 1 is 1.26 bits per heavy atom. The van der Waals surface area contributed by atoms with Crippen LogP contribution in [0.2, 0.25) is 5.02 Å². The lowest BCUT2D eigenvalue weighted by Crippen LogP contribution is -2.31. The fourth-order valence-electron chi connectivity index (χ4n) is 2.46. The van der Waals surface area contributed by atoms with E-state index in [4.69, 9.17) is 17.3 Å². The molecule has 1 aromatic carbocycles. The van der Waals surface area contributed by atoms with E-state index >= 15 is 0 Å². The van der Waals surface area contributed by atoms with Crippen molar-refractivity contribution in [2.45, 2.75) is 18.4 Å². The van der Waals surface area contributed by atoms with E-state index in [-0.39, 0.29) is 23.3 Å². The molecule has 118 valence electrons. The van der Waals surface area contributed by atoms with Gasteiger partial charge in [0.05, 0.1) is 0 Å². The summed E-state index contributed by atoms with van der Waals surface area (Å²) >= 11 is 6.01. The molecule has 23 heavy (non-hydrogen) atoms. The van der Waals surface area contributed by atoms with Crippen LogP contribution in [0.25, 0.3) is 0 Å². The molecule has 0 radical (unpaired) electrons. The third kappa shape index (κ3) is 3.00. The number of nitrogens with zero attached hydrogens (tertiary/aromatic N) is 2. The molecule has 0 saturated heterocycles. The molecular weight excluding hydrogens is 323 g/mol. The summed E-state index contributed by atoms with van der Waals surface area (Å²) < 4.78 is 13.9. The molecule has 0 bridgehead atoms. The molecule has 1 heterocycles. The standard InChI is InChI=1S/C15H12ClFN4O2/c16-8-2-1-3-9(17)11(8)7-6-10(7)21-15(23)13-12(14(18)22)19-4-5-20-13/h1-5,7,10H,6H2,(H2,18,22)(H,21,23)/t7-,10-/m1/s1. The Labute approximate surface area is 135 Å². The van der Waals surface area contributed by atoms with Crippen LogP contribution in [0.15, 0.2) is 30.6 Å². The number of aromatic nitrogens is 2. The highest BCUT2D eigenvalue weighted by Crippen LogP contribution is 2.44. The molecule has 0 spiro atoms. The van der Waals surface area contributed by atoms with Crippen LogP contribution >= 0.6 is 11.6 Å². The van der Waals surface area contributed by atoms with Gasteiger partial charge in [-0.2, -0.15) is 0 Å². The summed E-state index contributed by atoms with van der Waals surface area (Å²) in [6.45, 7) is 0. The van der Waals surface area contributed by atoms with Crippen molar-refractivity contribution in [3.8, 4) is 0 Å². The zero-order chi connectivity index (χ0) is 16.6. The SMILES string of the molecule is NC(=O)c1nccnc1C(=O)N[C@@H]1C[C@H]1c1c(F)cccc1Cl. The summed E-state index contributed by atoms with van der Waals surface area (Å²) in [5.41, 5.74) is 5.20. The van der Waals surface area contributed by atoms with Crippen molar-refractivity contribution in [3.63, 3.8) is 0 Å². The van der Waals surface area contributed by atoms with Gasteiger partial charge in [0.2, 0.25) is 0 Å². The van der Waals surface area contributed by atoms with Crippen molar-refractivity contribution in [3.05, 3.63) is 58.4 Å². The number of nitrogens with two attached hydrogens (primary N) is 1. The van der Waals surface area contributed by atoms with Crippen LogP contribution in [0.4, 0.5) is 4.39 Å². The number of carbonyl (C=O) groups excluding carboxylic acids is 2. The molecule has 3 rings (SSSR count). The van der Waals surface area contributed by atoms with E-state index in [9.17, 15) is 14.0 Å². The molecule has 2 amide bonds. The number of nitrogens with one attached hydrogen (secondary N) is 1. The van der Waals surface area contributed by atoms with Gasteiger partial charge in [0.1, 0.15) is 5.82 Å². The van der Waals surface area contributed by atoms with Crippen molar-refractivity contribution in [2.24, 2.45) is 5.73 Å². The zero-order valence-corrected chi connectivity index (χ0v) is 12.5. The second-order valence-corrected chi connectivity index (χ2v) is 5.58. The summed E-state index contributed by atoms with van der Waals surface area (Å²) in [5.74, 6) is -2.03. The molecule has 8 heteroatoms. The summed E-state index contributed by atoms with van der Waals surface area (Å²) in [7, 11) is 0. The van der Waals surface area contributed by atoms with E-state index in [1.807, 2.05) is 0 Å². The van der Waals surface area contributed by atoms with Gasteiger partial charge in [0.15, 0.2) is 11.4 Å². The number of hydrogen-bond donors (Lipinski definition) is 2. The van der Waals surface area contributed by atoms with Crippen molar-refractivity contribution < 1.29 is 14.0 Å². The average Bonchev–Trinajstić information content (AvgIpc) is 3.25. The second kappa shape index (κ2) is 5.92. The maximum Gasteiger partial charge on any atom is 0.272 e. The van der Waals surface area contributed by atoms with E-state index < -0.39 is 17.6 Å². The third-order valence-electron chi connectivity index (χ3n) is 3.62. The molecule has 1 aliphatic rings. The Morgan fingerprint density at radius 3 is 2.61 bits per heavy atom. The highest BCUT2D eigenvalue weighted by Gasteiger charge is 2.42. The maximum atomic E-state index is 13.9. The fraction of sp³-hybridized carbons (Fsp3) is 0.200. The quantitative estimate of drug-likeness (QED) is 0.888. The predicted molar refractivity (Wildman–Crippen MR) is 80.6 cm³/mol. The van der Waals surface area contributed by atoms with E-state index in [0.717, 1.165) is 0 Å². The molecule has 2 atom stereocenters. The number of halogens is 2. The first kappa shape index (κ1) is 15.4. The molecule has 1 aromatic heterocycles. The van der Waals surface area contributed by atoms with E-state index in [0.29, 0.717) is 17.0 Å². The minimum absolute atomic E-state index is 0.148. The van der Waals surface area contributed by atoms with Gasteiger partial charge in [-0.1, -0.05) is 17.7 Å². The van der Waals surface area contributed by atoms with Gasteiger partial charge in [-0.15, -0.1) is 0 Å². The molecule has 0 aliphatic heterocycles. The van der Waals surface area contributed by atoms with Crippen molar-refractivity contribution in [1.82, 2.24) is 15.3 Å². The van der Waals surface area contributed by atoms with Gasteiger partial charge in [-0.3, -0.25) is 9.59 Å². The first-order chi connectivity index (χ1) is 11.0. The fourth-order valence-corrected chi connectivity index (χ4v) is 2.76. The van der Waals surface area contributed by atoms with Gasteiger partial charge in [-0.25, -0.2) is 14.4 Å². The monoisotopic (exact) mass is 334 g/mol. The maximum absolute atomic E-state index is 13.9.